The van der Waals surface area contributed by atoms with Crippen LogP contribution in [0.3, 0.4) is 0 Å². The van der Waals surface area contributed by atoms with Crippen molar-refractivity contribution in [1.29, 1.82) is 0 Å². The molecule has 29 heavy (non-hydrogen) atoms. The molecule has 4 heterocycles. The second kappa shape index (κ2) is 8.28. The van der Waals surface area contributed by atoms with Crippen molar-refractivity contribution in [1.82, 2.24) is 24.8 Å². The van der Waals surface area contributed by atoms with Gasteiger partial charge in [-0.25, -0.2) is 14.4 Å². The van der Waals surface area contributed by atoms with Crippen molar-refractivity contribution in [2.24, 2.45) is 0 Å². The first-order chi connectivity index (χ1) is 14.0. The van der Waals surface area contributed by atoms with E-state index >= 15 is 0 Å². The van der Waals surface area contributed by atoms with Gasteiger partial charge in [0.1, 0.15) is 23.3 Å². The number of likely N-dealkylation sites (N-methyl/N-ethyl adjacent to an activating group) is 1. The highest BCUT2D eigenvalue weighted by atomic mass is 19.1. The molecule has 4 rings (SSSR count). The molecule has 0 N–H and O–H groups in total. The monoisotopic (exact) mass is 399 g/mol. The van der Waals surface area contributed by atoms with Gasteiger partial charge in [-0.3, -0.25) is 9.78 Å². The fraction of sp³-hybridized carbons (Fsp3) is 0.500. The first kappa shape index (κ1) is 19.5. The molecule has 0 aromatic carbocycles. The van der Waals surface area contributed by atoms with Crippen LogP contribution in [0, 0.1) is 12.7 Å². The lowest BCUT2D eigenvalue weighted by atomic mass is 10.2. The quantitative estimate of drug-likeness (QED) is 0.764. The Hall–Kier alpha value is -2.81. The number of hydrogen-bond acceptors (Lipinski definition) is 7. The average Bonchev–Trinajstić information content (AvgIpc) is 2.73. The zero-order chi connectivity index (χ0) is 20.4. The van der Waals surface area contributed by atoms with E-state index in [1.165, 1.54) is 12.3 Å². The van der Waals surface area contributed by atoms with Crippen LogP contribution in [0.25, 0.3) is 0 Å². The molecule has 0 unspecified atom stereocenters. The van der Waals surface area contributed by atoms with Crippen LogP contribution in [-0.2, 0) is 0 Å². The Balaban J connectivity index is 1.42. The Kier molecular flexibility index (Phi) is 5.57. The number of carbonyl (C=O) groups is 1. The number of amides is 1. The van der Waals surface area contributed by atoms with E-state index in [2.05, 4.69) is 36.7 Å². The number of aryl methyl sites for hydroxylation is 1. The topological polar surface area (TPSA) is 68.7 Å². The minimum absolute atomic E-state index is 0.186. The van der Waals surface area contributed by atoms with E-state index in [0.29, 0.717) is 26.2 Å². The van der Waals surface area contributed by atoms with E-state index in [9.17, 15) is 9.18 Å². The van der Waals surface area contributed by atoms with E-state index in [1.807, 2.05) is 13.0 Å². The van der Waals surface area contributed by atoms with Gasteiger partial charge in [0.05, 0.1) is 11.8 Å². The number of anilines is 2. The normalized spacial score (nSPS) is 18.2. The van der Waals surface area contributed by atoms with Crippen molar-refractivity contribution in [2.45, 2.75) is 6.92 Å². The van der Waals surface area contributed by atoms with Gasteiger partial charge in [-0.1, -0.05) is 0 Å². The molecule has 2 saturated heterocycles. The smallest absolute Gasteiger partial charge is 0.255 e. The highest BCUT2D eigenvalue weighted by Crippen LogP contribution is 2.22. The van der Waals surface area contributed by atoms with Crippen LogP contribution in [0.1, 0.15) is 16.2 Å². The summed E-state index contributed by atoms with van der Waals surface area (Å²) in [6.07, 6.45) is 2.51. The van der Waals surface area contributed by atoms with Crippen molar-refractivity contribution in [2.75, 3.05) is 69.2 Å². The molecule has 0 aliphatic carbocycles. The molecule has 0 atom stereocenters. The van der Waals surface area contributed by atoms with Crippen LogP contribution in [0.2, 0.25) is 0 Å². The van der Waals surface area contributed by atoms with Crippen LogP contribution in [-0.4, -0.2) is 90.1 Å². The van der Waals surface area contributed by atoms with Crippen molar-refractivity contribution in [3.8, 4) is 0 Å². The highest BCUT2D eigenvalue weighted by molar-refractivity contribution is 5.94. The molecule has 154 valence electrons. The number of hydrogen-bond donors (Lipinski definition) is 0. The minimum Gasteiger partial charge on any atom is -0.354 e. The van der Waals surface area contributed by atoms with E-state index in [0.717, 1.165) is 49.8 Å². The van der Waals surface area contributed by atoms with E-state index in [4.69, 9.17) is 0 Å². The molecule has 0 bridgehead atoms. The Morgan fingerprint density at radius 2 is 1.48 bits per heavy atom. The second-order valence-electron chi connectivity index (χ2n) is 7.59. The van der Waals surface area contributed by atoms with Crippen molar-refractivity contribution < 1.29 is 9.18 Å². The molecule has 2 aliphatic rings. The number of carbonyl (C=O) groups excluding carboxylic acids is 1. The Labute approximate surface area is 170 Å². The number of halogens is 1. The number of rotatable bonds is 3. The summed E-state index contributed by atoms with van der Waals surface area (Å²) in [6, 6.07) is 3.28. The number of piperazine rings is 2. The third-order valence-electron chi connectivity index (χ3n) is 5.48. The molecular formula is C20H26FN7O. The van der Waals surface area contributed by atoms with Gasteiger partial charge in [-0.15, -0.1) is 0 Å². The van der Waals surface area contributed by atoms with Crippen molar-refractivity contribution in [3.63, 3.8) is 0 Å². The maximum atomic E-state index is 13.4. The Morgan fingerprint density at radius 3 is 2.07 bits per heavy atom. The summed E-state index contributed by atoms with van der Waals surface area (Å²) in [5.74, 6) is 1.92. The molecule has 0 spiro atoms. The predicted octanol–water partition coefficient (Wildman–Crippen LogP) is 1.03. The zero-order valence-electron chi connectivity index (χ0n) is 16.9. The molecule has 2 fully saturated rings. The molecule has 2 aliphatic heterocycles. The van der Waals surface area contributed by atoms with Gasteiger partial charge in [0.2, 0.25) is 0 Å². The van der Waals surface area contributed by atoms with Crippen LogP contribution in [0.15, 0.2) is 24.5 Å². The van der Waals surface area contributed by atoms with Gasteiger partial charge in [0, 0.05) is 64.6 Å². The Bertz CT molecular complexity index is 877. The molecule has 2 aromatic heterocycles. The van der Waals surface area contributed by atoms with E-state index in [-0.39, 0.29) is 11.5 Å². The summed E-state index contributed by atoms with van der Waals surface area (Å²) < 4.78 is 13.4. The first-order valence-corrected chi connectivity index (χ1v) is 9.93. The van der Waals surface area contributed by atoms with Crippen LogP contribution in [0.4, 0.5) is 16.0 Å². The number of aromatic nitrogens is 3. The zero-order valence-corrected chi connectivity index (χ0v) is 16.9. The molecule has 8 nitrogen and oxygen atoms in total. The lowest BCUT2D eigenvalue weighted by Gasteiger charge is -2.36. The first-order valence-electron chi connectivity index (χ1n) is 9.93. The predicted molar refractivity (Wildman–Crippen MR) is 109 cm³/mol. The van der Waals surface area contributed by atoms with Gasteiger partial charge in [-0.05, 0) is 20.0 Å². The van der Waals surface area contributed by atoms with Gasteiger partial charge in [-0.2, -0.15) is 0 Å². The Morgan fingerprint density at radius 1 is 0.897 bits per heavy atom. The third-order valence-corrected chi connectivity index (χ3v) is 5.48. The van der Waals surface area contributed by atoms with Gasteiger partial charge in [0.15, 0.2) is 0 Å². The lowest BCUT2D eigenvalue weighted by Crippen LogP contribution is -2.49. The summed E-state index contributed by atoms with van der Waals surface area (Å²) in [5, 5.41) is 0. The average molecular weight is 399 g/mol. The maximum Gasteiger partial charge on any atom is 0.255 e. The lowest BCUT2D eigenvalue weighted by molar-refractivity contribution is 0.0745. The molecule has 2 aromatic rings. The van der Waals surface area contributed by atoms with E-state index in [1.54, 1.807) is 4.90 Å². The molecule has 0 saturated carbocycles. The summed E-state index contributed by atoms with van der Waals surface area (Å²) >= 11 is 0. The summed E-state index contributed by atoms with van der Waals surface area (Å²) in [7, 11) is 2.13. The second-order valence-corrected chi connectivity index (χ2v) is 7.59. The summed E-state index contributed by atoms with van der Waals surface area (Å²) in [4.78, 5) is 34.2. The van der Waals surface area contributed by atoms with E-state index < -0.39 is 5.82 Å². The number of pyridine rings is 1. The fourth-order valence-electron chi connectivity index (χ4n) is 3.75. The summed E-state index contributed by atoms with van der Waals surface area (Å²) in [5.41, 5.74) is 0.286. The highest BCUT2D eigenvalue weighted by Gasteiger charge is 2.25. The van der Waals surface area contributed by atoms with Crippen LogP contribution in [0.5, 0.6) is 0 Å². The molecule has 1 amide bonds. The van der Waals surface area contributed by atoms with Crippen LogP contribution >= 0.6 is 0 Å². The number of nitrogens with zero attached hydrogens (tertiary/aromatic N) is 7. The van der Waals surface area contributed by atoms with Crippen molar-refractivity contribution in [3.05, 3.63) is 41.7 Å². The minimum atomic E-state index is -0.498. The van der Waals surface area contributed by atoms with Crippen molar-refractivity contribution >= 4 is 17.5 Å². The van der Waals surface area contributed by atoms with Gasteiger partial charge >= 0.3 is 0 Å². The van der Waals surface area contributed by atoms with Crippen LogP contribution < -0.4 is 9.80 Å². The van der Waals surface area contributed by atoms with Gasteiger partial charge in [0.25, 0.3) is 5.91 Å². The fourth-order valence-corrected chi connectivity index (χ4v) is 3.75. The summed E-state index contributed by atoms with van der Waals surface area (Å²) in [6.45, 7) is 8.33. The SMILES string of the molecule is Cc1nc(N2CCN(C)CC2)cc(N2CCN(C(=O)c3cncc(F)c3)CC2)n1. The molecular weight excluding hydrogens is 373 g/mol. The standard InChI is InChI=1S/C20H26FN7O/c1-15-23-18(26-5-3-25(2)4-6-26)12-19(24-15)27-7-9-28(10-8-27)20(29)16-11-17(21)14-22-13-16/h11-14H,3-10H2,1-2H3. The molecule has 9 heteroatoms. The maximum absolute atomic E-state index is 13.4. The molecule has 0 radical (unpaired) electrons. The third kappa shape index (κ3) is 4.45. The van der Waals surface area contributed by atoms with Gasteiger partial charge < -0.3 is 19.6 Å². The largest absolute Gasteiger partial charge is 0.354 e.